The standard InChI is InChI=1S/C13H18FNO3/c1-3-9(2)15-12(17)8-18-13-10(7-16)5-4-6-11(13)14/h4-6,9,16H,3,7-8H2,1-2H3,(H,15,17). The van der Waals surface area contributed by atoms with E-state index in [9.17, 15) is 9.18 Å². The summed E-state index contributed by atoms with van der Waals surface area (Å²) in [4.78, 5) is 11.5. The van der Waals surface area contributed by atoms with Gasteiger partial charge in [0.05, 0.1) is 6.61 Å². The Balaban J connectivity index is 2.60. The molecule has 4 nitrogen and oxygen atoms in total. The normalized spacial score (nSPS) is 12.0. The molecule has 2 N–H and O–H groups in total. The van der Waals surface area contributed by atoms with Gasteiger partial charge in [0.1, 0.15) is 0 Å². The van der Waals surface area contributed by atoms with E-state index in [4.69, 9.17) is 9.84 Å². The third-order valence-electron chi connectivity index (χ3n) is 2.59. The number of ether oxygens (including phenoxy) is 1. The molecule has 0 spiro atoms. The molecule has 0 aromatic heterocycles. The summed E-state index contributed by atoms with van der Waals surface area (Å²) in [5, 5.41) is 11.8. The summed E-state index contributed by atoms with van der Waals surface area (Å²) in [5.41, 5.74) is 0.325. The molecule has 1 amide bonds. The highest BCUT2D eigenvalue weighted by Gasteiger charge is 2.12. The van der Waals surface area contributed by atoms with Crippen molar-refractivity contribution in [3.8, 4) is 5.75 Å². The number of halogens is 1. The Labute approximate surface area is 106 Å². The zero-order chi connectivity index (χ0) is 13.5. The van der Waals surface area contributed by atoms with E-state index in [2.05, 4.69) is 5.32 Å². The Morgan fingerprint density at radius 3 is 2.89 bits per heavy atom. The lowest BCUT2D eigenvalue weighted by Crippen LogP contribution is -2.35. The molecule has 18 heavy (non-hydrogen) atoms. The molecule has 1 aromatic carbocycles. The molecule has 0 bridgehead atoms. The predicted octanol–water partition coefficient (Wildman–Crippen LogP) is 1.61. The average molecular weight is 255 g/mol. The molecule has 0 saturated heterocycles. The van der Waals surface area contributed by atoms with E-state index < -0.39 is 5.82 Å². The van der Waals surface area contributed by atoms with Gasteiger partial charge in [0.15, 0.2) is 18.2 Å². The molecule has 0 aliphatic heterocycles. The number of amides is 1. The molecule has 0 heterocycles. The number of carbonyl (C=O) groups excluding carboxylic acids is 1. The summed E-state index contributed by atoms with van der Waals surface area (Å²) in [5.74, 6) is -0.964. The van der Waals surface area contributed by atoms with Crippen LogP contribution >= 0.6 is 0 Å². The van der Waals surface area contributed by atoms with Crippen LogP contribution in [0.15, 0.2) is 18.2 Å². The van der Waals surface area contributed by atoms with Gasteiger partial charge in [-0.25, -0.2) is 4.39 Å². The summed E-state index contributed by atoms with van der Waals surface area (Å²) in [6.45, 7) is 3.23. The molecule has 0 saturated carbocycles. The molecule has 0 aliphatic rings. The lowest BCUT2D eigenvalue weighted by atomic mass is 10.2. The lowest BCUT2D eigenvalue weighted by molar-refractivity contribution is -0.123. The summed E-state index contributed by atoms with van der Waals surface area (Å²) in [6, 6.07) is 4.30. The first-order chi connectivity index (χ1) is 8.58. The second-order valence-corrected chi connectivity index (χ2v) is 4.05. The molecule has 1 rings (SSSR count). The SMILES string of the molecule is CCC(C)NC(=O)COc1c(F)cccc1CO. The van der Waals surface area contributed by atoms with Crippen molar-refractivity contribution in [3.63, 3.8) is 0 Å². The number of aliphatic hydroxyl groups is 1. The number of nitrogens with one attached hydrogen (secondary N) is 1. The third kappa shape index (κ3) is 4.00. The van der Waals surface area contributed by atoms with Crippen LogP contribution in [0.4, 0.5) is 4.39 Å². The number of hydrogen-bond donors (Lipinski definition) is 2. The topological polar surface area (TPSA) is 58.6 Å². The van der Waals surface area contributed by atoms with Gasteiger partial charge in [-0.2, -0.15) is 0 Å². The minimum Gasteiger partial charge on any atom is -0.480 e. The molecule has 1 unspecified atom stereocenters. The van der Waals surface area contributed by atoms with Crippen LogP contribution in [-0.4, -0.2) is 23.7 Å². The Kier molecular flexibility index (Phi) is 5.58. The molecule has 1 atom stereocenters. The molecule has 100 valence electrons. The second kappa shape index (κ2) is 6.96. The van der Waals surface area contributed by atoms with Crippen LogP contribution in [-0.2, 0) is 11.4 Å². The summed E-state index contributed by atoms with van der Waals surface area (Å²) < 4.78 is 18.6. The zero-order valence-corrected chi connectivity index (χ0v) is 10.6. The van der Waals surface area contributed by atoms with Crippen LogP contribution in [0.2, 0.25) is 0 Å². The van der Waals surface area contributed by atoms with E-state index in [1.165, 1.54) is 12.1 Å². The van der Waals surface area contributed by atoms with Crippen LogP contribution in [0.5, 0.6) is 5.75 Å². The molecule has 0 fully saturated rings. The van der Waals surface area contributed by atoms with Gasteiger partial charge in [-0.3, -0.25) is 4.79 Å². The highest BCUT2D eigenvalue weighted by Crippen LogP contribution is 2.22. The van der Waals surface area contributed by atoms with Crippen LogP contribution in [0.1, 0.15) is 25.8 Å². The van der Waals surface area contributed by atoms with Crippen molar-refractivity contribution >= 4 is 5.91 Å². The van der Waals surface area contributed by atoms with Crippen LogP contribution in [0.25, 0.3) is 0 Å². The first kappa shape index (κ1) is 14.4. The monoisotopic (exact) mass is 255 g/mol. The number of para-hydroxylation sites is 1. The van der Waals surface area contributed by atoms with Crippen molar-refractivity contribution in [2.45, 2.75) is 32.9 Å². The minimum absolute atomic E-state index is 0.0547. The van der Waals surface area contributed by atoms with Gasteiger partial charge in [0.25, 0.3) is 5.91 Å². The van der Waals surface area contributed by atoms with Gasteiger partial charge < -0.3 is 15.2 Å². The number of rotatable bonds is 6. The quantitative estimate of drug-likeness (QED) is 0.812. The largest absolute Gasteiger partial charge is 0.480 e. The zero-order valence-electron chi connectivity index (χ0n) is 10.6. The van der Waals surface area contributed by atoms with E-state index in [-0.39, 0.29) is 30.9 Å². The third-order valence-corrected chi connectivity index (χ3v) is 2.59. The van der Waals surface area contributed by atoms with Crippen molar-refractivity contribution in [1.29, 1.82) is 0 Å². The first-order valence-corrected chi connectivity index (χ1v) is 5.88. The van der Waals surface area contributed by atoms with E-state index in [0.29, 0.717) is 5.56 Å². The van der Waals surface area contributed by atoms with Crippen molar-refractivity contribution in [1.82, 2.24) is 5.32 Å². The van der Waals surface area contributed by atoms with Gasteiger partial charge in [0, 0.05) is 11.6 Å². The lowest BCUT2D eigenvalue weighted by Gasteiger charge is -2.13. The smallest absolute Gasteiger partial charge is 0.258 e. The van der Waals surface area contributed by atoms with Crippen molar-refractivity contribution in [2.75, 3.05) is 6.61 Å². The number of benzene rings is 1. The first-order valence-electron chi connectivity index (χ1n) is 5.88. The van der Waals surface area contributed by atoms with Crippen molar-refractivity contribution in [2.24, 2.45) is 0 Å². The van der Waals surface area contributed by atoms with Crippen LogP contribution in [0, 0.1) is 5.82 Å². The van der Waals surface area contributed by atoms with Crippen molar-refractivity contribution in [3.05, 3.63) is 29.6 Å². The number of carbonyl (C=O) groups is 1. The fourth-order valence-electron chi connectivity index (χ4n) is 1.40. The summed E-state index contributed by atoms with van der Waals surface area (Å²) in [7, 11) is 0. The fourth-order valence-corrected chi connectivity index (χ4v) is 1.40. The van der Waals surface area contributed by atoms with Gasteiger partial charge in [-0.05, 0) is 19.4 Å². The maximum atomic E-state index is 13.4. The van der Waals surface area contributed by atoms with Crippen molar-refractivity contribution < 1.29 is 19.0 Å². The Bertz CT molecular complexity index is 409. The minimum atomic E-state index is -0.585. The fraction of sp³-hybridized carbons (Fsp3) is 0.462. The highest BCUT2D eigenvalue weighted by atomic mass is 19.1. The van der Waals surface area contributed by atoms with Gasteiger partial charge in [0.2, 0.25) is 0 Å². The number of hydrogen-bond acceptors (Lipinski definition) is 3. The van der Waals surface area contributed by atoms with Gasteiger partial charge >= 0.3 is 0 Å². The Morgan fingerprint density at radius 2 is 2.28 bits per heavy atom. The van der Waals surface area contributed by atoms with E-state index in [0.717, 1.165) is 6.42 Å². The van der Waals surface area contributed by atoms with E-state index in [1.807, 2.05) is 13.8 Å². The molecular formula is C13H18FNO3. The number of aliphatic hydroxyl groups excluding tert-OH is 1. The summed E-state index contributed by atoms with van der Waals surface area (Å²) >= 11 is 0. The maximum Gasteiger partial charge on any atom is 0.258 e. The molecule has 0 aliphatic carbocycles. The van der Waals surface area contributed by atoms with Gasteiger partial charge in [-0.1, -0.05) is 19.1 Å². The average Bonchev–Trinajstić information content (AvgIpc) is 2.36. The highest BCUT2D eigenvalue weighted by molar-refractivity contribution is 5.77. The van der Waals surface area contributed by atoms with Crippen LogP contribution in [0.3, 0.4) is 0 Å². The second-order valence-electron chi connectivity index (χ2n) is 4.05. The van der Waals surface area contributed by atoms with Crippen LogP contribution < -0.4 is 10.1 Å². The molecule has 1 aromatic rings. The van der Waals surface area contributed by atoms with E-state index >= 15 is 0 Å². The molecular weight excluding hydrogens is 237 g/mol. The Hall–Kier alpha value is -1.62. The summed E-state index contributed by atoms with van der Waals surface area (Å²) in [6.07, 6.45) is 0.813. The predicted molar refractivity (Wildman–Crippen MR) is 65.7 cm³/mol. The molecule has 0 radical (unpaired) electrons. The maximum absolute atomic E-state index is 13.4. The van der Waals surface area contributed by atoms with Gasteiger partial charge in [-0.15, -0.1) is 0 Å². The van der Waals surface area contributed by atoms with E-state index in [1.54, 1.807) is 6.07 Å². The molecule has 5 heteroatoms. The Morgan fingerprint density at radius 1 is 1.56 bits per heavy atom.